The fraction of sp³-hybridized carbons (Fsp3) is 0.800. The van der Waals surface area contributed by atoms with Gasteiger partial charge in [0, 0.05) is 16.6 Å². The number of aliphatic hydroxyl groups excluding tert-OH is 1. The molecule has 3 nitrogen and oxygen atoms in total. The van der Waals surface area contributed by atoms with E-state index in [-0.39, 0.29) is 16.8 Å². The zero-order valence-corrected chi connectivity index (χ0v) is 11.5. The van der Waals surface area contributed by atoms with Gasteiger partial charge in [-0.2, -0.15) is 0 Å². The van der Waals surface area contributed by atoms with Crippen molar-refractivity contribution in [2.45, 2.75) is 52.6 Å². The largest absolute Gasteiger partial charge is 0.458 e. The van der Waals surface area contributed by atoms with Crippen LogP contribution in [0.2, 0.25) is 0 Å². The van der Waals surface area contributed by atoms with E-state index in [2.05, 4.69) is 20.8 Å². The summed E-state index contributed by atoms with van der Waals surface area (Å²) in [4.78, 5) is 12.0. The molecule has 100 valence electrons. The van der Waals surface area contributed by atoms with Crippen LogP contribution >= 0.6 is 0 Å². The van der Waals surface area contributed by atoms with E-state index in [0.29, 0.717) is 12.5 Å². The van der Waals surface area contributed by atoms with E-state index in [4.69, 9.17) is 4.74 Å². The summed E-state index contributed by atoms with van der Waals surface area (Å²) in [6.07, 6.45) is 3.67. The zero-order valence-electron chi connectivity index (χ0n) is 11.5. The van der Waals surface area contributed by atoms with Crippen LogP contribution in [0.3, 0.4) is 0 Å². The maximum absolute atomic E-state index is 12.0. The molecule has 0 amide bonds. The maximum atomic E-state index is 12.0. The molecular weight excluding hydrogens is 228 g/mol. The third-order valence-corrected chi connectivity index (χ3v) is 5.55. The first kappa shape index (κ1) is 12.2. The molecule has 0 unspecified atom stereocenters. The number of cyclic esters (lactones) is 1. The smallest absolute Gasteiger partial charge is 0.335 e. The minimum absolute atomic E-state index is 0.0934. The van der Waals surface area contributed by atoms with E-state index < -0.39 is 6.10 Å². The SMILES string of the molecule is CC1(C)CCC[C@]2(C)C3=C(COC3=O)[C@@H](O)C[C@@H]12. The predicted molar refractivity (Wildman–Crippen MR) is 67.8 cm³/mol. The summed E-state index contributed by atoms with van der Waals surface area (Å²) < 4.78 is 5.18. The van der Waals surface area contributed by atoms with E-state index in [1.807, 2.05) is 0 Å². The second-order valence-electron chi connectivity index (χ2n) is 7.04. The number of rotatable bonds is 0. The van der Waals surface area contributed by atoms with Gasteiger partial charge in [-0.25, -0.2) is 4.79 Å². The summed E-state index contributed by atoms with van der Waals surface area (Å²) in [5.41, 5.74) is 1.76. The van der Waals surface area contributed by atoms with Crippen LogP contribution in [0.1, 0.15) is 46.5 Å². The normalized spacial score (nSPS) is 42.3. The zero-order chi connectivity index (χ0) is 13.1. The van der Waals surface area contributed by atoms with Crippen molar-refractivity contribution in [1.29, 1.82) is 0 Å². The van der Waals surface area contributed by atoms with Crippen LogP contribution in [0.4, 0.5) is 0 Å². The molecule has 2 aliphatic carbocycles. The third kappa shape index (κ3) is 1.43. The van der Waals surface area contributed by atoms with Crippen LogP contribution in [0.15, 0.2) is 11.1 Å². The van der Waals surface area contributed by atoms with E-state index in [0.717, 1.165) is 30.4 Å². The lowest BCUT2D eigenvalue weighted by Gasteiger charge is -2.54. The standard InChI is InChI=1S/C15H22O3/c1-14(2)5-4-6-15(3)11(14)7-10(16)9-8-18-13(17)12(9)15/h10-11,16H,4-8H2,1-3H3/t10-,11-,15-/m0/s1. The number of aliphatic hydroxyl groups is 1. The highest BCUT2D eigenvalue weighted by Gasteiger charge is 2.56. The van der Waals surface area contributed by atoms with E-state index in [1.54, 1.807) is 0 Å². The molecule has 0 bridgehead atoms. The molecule has 1 aliphatic heterocycles. The Morgan fingerprint density at radius 1 is 1.28 bits per heavy atom. The monoisotopic (exact) mass is 250 g/mol. The number of hydrogen-bond donors (Lipinski definition) is 1. The Morgan fingerprint density at radius 3 is 2.72 bits per heavy atom. The summed E-state index contributed by atoms with van der Waals surface area (Å²) in [6.45, 7) is 7.05. The Kier molecular flexibility index (Phi) is 2.44. The molecule has 3 aliphatic rings. The molecule has 18 heavy (non-hydrogen) atoms. The average molecular weight is 250 g/mol. The van der Waals surface area contributed by atoms with Gasteiger partial charge in [0.05, 0.1) is 6.10 Å². The molecule has 0 radical (unpaired) electrons. The fourth-order valence-electron chi connectivity index (χ4n) is 4.65. The van der Waals surface area contributed by atoms with Crippen molar-refractivity contribution < 1.29 is 14.6 Å². The molecule has 0 aromatic heterocycles. The lowest BCUT2D eigenvalue weighted by molar-refractivity contribution is -0.138. The molecule has 0 spiro atoms. The van der Waals surface area contributed by atoms with Crippen molar-refractivity contribution in [3.8, 4) is 0 Å². The lowest BCUT2D eigenvalue weighted by Crippen LogP contribution is -2.49. The highest BCUT2D eigenvalue weighted by atomic mass is 16.5. The minimum atomic E-state index is -0.484. The molecule has 0 saturated heterocycles. The van der Waals surface area contributed by atoms with Crippen molar-refractivity contribution >= 4 is 5.97 Å². The van der Waals surface area contributed by atoms with Gasteiger partial charge in [-0.3, -0.25) is 0 Å². The van der Waals surface area contributed by atoms with Gasteiger partial charge in [-0.1, -0.05) is 27.2 Å². The first-order chi connectivity index (χ1) is 8.36. The highest BCUT2D eigenvalue weighted by Crippen LogP contribution is 2.60. The Balaban J connectivity index is 2.12. The number of esters is 1. The second-order valence-corrected chi connectivity index (χ2v) is 7.04. The molecule has 3 heteroatoms. The Labute approximate surface area is 108 Å². The van der Waals surface area contributed by atoms with Crippen LogP contribution < -0.4 is 0 Å². The summed E-state index contributed by atoms with van der Waals surface area (Å²) >= 11 is 0. The number of carbonyl (C=O) groups excluding carboxylic acids is 1. The van der Waals surface area contributed by atoms with Crippen molar-refractivity contribution in [2.24, 2.45) is 16.7 Å². The molecule has 1 saturated carbocycles. The van der Waals surface area contributed by atoms with Gasteiger partial charge in [-0.15, -0.1) is 0 Å². The van der Waals surface area contributed by atoms with Gasteiger partial charge in [0.15, 0.2) is 0 Å². The summed E-state index contributed by atoms with van der Waals surface area (Å²) in [6, 6.07) is 0. The van der Waals surface area contributed by atoms with Gasteiger partial charge < -0.3 is 9.84 Å². The van der Waals surface area contributed by atoms with Gasteiger partial charge in [0.1, 0.15) is 6.61 Å². The fourth-order valence-corrected chi connectivity index (χ4v) is 4.65. The second kappa shape index (κ2) is 3.60. The van der Waals surface area contributed by atoms with Crippen LogP contribution in [-0.4, -0.2) is 23.8 Å². The van der Waals surface area contributed by atoms with Crippen LogP contribution in [0.5, 0.6) is 0 Å². The minimum Gasteiger partial charge on any atom is -0.458 e. The molecule has 3 rings (SSSR count). The van der Waals surface area contributed by atoms with Gasteiger partial charge in [0.2, 0.25) is 0 Å². The molecular formula is C15H22O3. The van der Waals surface area contributed by atoms with E-state index in [1.165, 1.54) is 6.42 Å². The maximum Gasteiger partial charge on any atom is 0.335 e. The van der Waals surface area contributed by atoms with Crippen molar-refractivity contribution in [3.05, 3.63) is 11.1 Å². The van der Waals surface area contributed by atoms with Crippen LogP contribution in [0, 0.1) is 16.7 Å². The third-order valence-electron chi connectivity index (χ3n) is 5.55. The average Bonchev–Trinajstić information content (AvgIpc) is 2.66. The topological polar surface area (TPSA) is 46.5 Å². The quantitative estimate of drug-likeness (QED) is 0.672. The van der Waals surface area contributed by atoms with Crippen molar-refractivity contribution in [3.63, 3.8) is 0 Å². The van der Waals surface area contributed by atoms with Crippen molar-refractivity contribution in [1.82, 2.24) is 0 Å². The first-order valence-corrected chi connectivity index (χ1v) is 6.95. The Morgan fingerprint density at radius 2 is 2.00 bits per heavy atom. The summed E-state index contributed by atoms with van der Waals surface area (Å²) in [5.74, 6) is 0.187. The molecule has 0 aromatic carbocycles. The van der Waals surface area contributed by atoms with Crippen LogP contribution in [0.25, 0.3) is 0 Å². The Hall–Kier alpha value is -0.830. The highest BCUT2D eigenvalue weighted by molar-refractivity contribution is 5.94. The Bertz CT molecular complexity index is 435. The van der Waals surface area contributed by atoms with E-state index in [9.17, 15) is 9.90 Å². The lowest BCUT2D eigenvalue weighted by atomic mass is 9.50. The summed E-state index contributed by atoms with van der Waals surface area (Å²) in [5, 5.41) is 10.3. The van der Waals surface area contributed by atoms with Crippen LogP contribution in [-0.2, 0) is 9.53 Å². The molecule has 1 fully saturated rings. The number of ether oxygens (including phenoxy) is 1. The van der Waals surface area contributed by atoms with Gasteiger partial charge in [-0.05, 0) is 30.6 Å². The van der Waals surface area contributed by atoms with Crippen molar-refractivity contribution in [2.75, 3.05) is 6.61 Å². The molecule has 0 aromatic rings. The van der Waals surface area contributed by atoms with Gasteiger partial charge >= 0.3 is 5.97 Å². The predicted octanol–water partition coefficient (Wildman–Crippen LogP) is 2.44. The van der Waals surface area contributed by atoms with Gasteiger partial charge in [0.25, 0.3) is 0 Å². The van der Waals surface area contributed by atoms with E-state index >= 15 is 0 Å². The summed E-state index contributed by atoms with van der Waals surface area (Å²) in [7, 11) is 0. The molecule has 1 heterocycles. The molecule has 1 N–H and O–H groups in total. The number of fused-ring (bicyclic) bond motifs is 2. The molecule has 3 atom stereocenters. The number of carbonyl (C=O) groups is 1. The first-order valence-electron chi connectivity index (χ1n) is 6.95. The number of hydrogen-bond acceptors (Lipinski definition) is 3.